The van der Waals surface area contributed by atoms with Gasteiger partial charge in [-0.2, -0.15) is 0 Å². The number of rotatable bonds is 8. The van der Waals surface area contributed by atoms with Crippen LogP contribution in [-0.4, -0.2) is 96.4 Å². The second-order valence-electron chi connectivity index (χ2n) is 9.36. The highest BCUT2D eigenvalue weighted by Crippen LogP contribution is 2.31. The van der Waals surface area contributed by atoms with Gasteiger partial charge in [0.2, 0.25) is 5.91 Å². The summed E-state index contributed by atoms with van der Waals surface area (Å²) < 4.78 is 10.1. The van der Waals surface area contributed by atoms with Crippen LogP contribution < -0.4 is 4.74 Å². The van der Waals surface area contributed by atoms with Gasteiger partial charge in [-0.15, -0.1) is 11.3 Å². The maximum absolute atomic E-state index is 12.9. The number of Topliss-reactive ketones (excluding diaryl/α,β-unsaturated/α-hetero) is 1. The van der Waals surface area contributed by atoms with E-state index in [2.05, 4.69) is 4.98 Å². The number of nitrogens with zero attached hydrogens (tertiary/aromatic N) is 4. The number of likely N-dealkylation sites (tertiary alicyclic amines) is 1. The first-order valence-electron chi connectivity index (χ1n) is 13.0. The molecule has 1 aromatic heterocycles. The summed E-state index contributed by atoms with van der Waals surface area (Å²) in [6, 6.07) is 6.91. The number of carbonyl (C=O) groups is 4. The van der Waals surface area contributed by atoms with Crippen LogP contribution in [0.4, 0.5) is 4.79 Å². The van der Waals surface area contributed by atoms with E-state index in [9.17, 15) is 19.2 Å². The summed E-state index contributed by atoms with van der Waals surface area (Å²) in [6.07, 6.45) is 1.57. The van der Waals surface area contributed by atoms with Gasteiger partial charge in [0.1, 0.15) is 11.4 Å². The summed E-state index contributed by atoms with van der Waals surface area (Å²) in [7, 11) is 1.57. The quantitative estimate of drug-likeness (QED) is 0.470. The zero-order valence-corrected chi connectivity index (χ0v) is 22.7. The molecule has 0 radical (unpaired) electrons. The normalized spacial score (nSPS) is 16.3. The van der Waals surface area contributed by atoms with Crippen LogP contribution in [0.2, 0.25) is 0 Å². The largest absolute Gasteiger partial charge is 0.497 e. The lowest BCUT2D eigenvalue weighted by molar-refractivity contribution is -0.132. The number of amides is 3. The van der Waals surface area contributed by atoms with Crippen molar-refractivity contribution >= 4 is 35.0 Å². The minimum absolute atomic E-state index is 0.0118. The van der Waals surface area contributed by atoms with Crippen LogP contribution in [0.5, 0.6) is 5.75 Å². The standard InChI is InChI=1S/C27H34N4O6S/c1-3-37-27(35)31-16-14-30(15-17-31)26(34)22-18-38-25(28-22)20-10-12-29(13-11-20)24(33)9-8-23(32)19-4-6-21(36-2)7-5-19/h4-7,18,20H,3,8-17H2,1-2H3. The van der Waals surface area contributed by atoms with Crippen LogP contribution in [0.1, 0.15) is 64.4 Å². The maximum atomic E-state index is 12.9. The lowest BCUT2D eigenvalue weighted by Gasteiger charge is -2.33. The Morgan fingerprint density at radius 2 is 1.58 bits per heavy atom. The van der Waals surface area contributed by atoms with Crippen molar-refractivity contribution in [1.29, 1.82) is 0 Å². The molecule has 0 unspecified atom stereocenters. The van der Waals surface area contributed by atoms with Crippen LogP contribution in [0.15, 0.2) is 29.6 Å². The molecule has 0 N–H and O–H groups in total. The van der Waals surface area contributed by atoms with E-state index in [0.29, 0.717) is 62.9 Å². The van der Waals surface area contributed by atoms with Gasteiger partial charge < -0.3 is 24.2 Å². The van der Waals surface area contributed by atoms with E-state index in [-0.39, 0.29) is 42.5 Å². The van der Waals surface area contributed by atoms with Gasteiger partial charge in [0, 0.05) is 69.0 Å². The van der Waals surface area contributed by atoms with Gasteiger partial charge in [-0.3, -0.25) is 14.4 Å². The number of piperidine rings is 1. The predicted octanol–water partition coefficient (Wildman–Crippen LogP) is 3.44. The first-order chi connectivity index (χ1) is 18.4. The molecule has 38 heavy (non-hydrogen) atoms. The SMILES string of the molecule is CCOC(=O)N1CCN(C(=O)c2csc(C3CCN(C(=O)CCC(=O)c4ccc(OC)cc4)CC3)n2)CC1. The highest BCUT2D eigenvalue weighted by Gasteiger charge is 2.29. The Morgan fingerprint density at radius 3 is 2.21 bits per heavy atom. The molecule has 4 rings (SSSR count). The van der Waals surface area contributed by atoms with Crippen molar-refractivity contribution in [2.75, 3.05) is 53.0 Å². The highest BCUT2D eigenvalue weighted by atomic mass is 32.1. The average molecular weight is 543 g/mol. The molecule has 0 atom stereocenters. The number of hydrogen-bond acceptors (Lipinski definition) is 8. The van der Waals surface area contributed by atoms with Crippen molar-refractivity contribution in [1.82, 2.24) is 19.7 Å². The molecular weight excluding hydrogens is 508 g/mol. The van der Waals surface area contributed by atoms with Crippen LogP contribution in [-0.2, 0) is 9.53 Å². The number of carbonyl (C=O) groups excluding carboxylic acids is 4. The fourth-order valence-corrected chi connectivity index (χ4v) is 5.68. The molecule has 11 heteroatoms. The van der Waals surface area contributed by atoms with E-state index >= 15 is 0 Å². The molecule has 2 aliphatic heterocycles. The molecule has 0 aliphatic carbocycles. The molecule has 2 fully saturated rings. The van der Waals surface area contributed by atoms with Gasteiger partial charge in [0.05, 0.1) is 18.7 Å². The molecular formula is C27H34N4O6S. The lowest BCUT2D eigenvalue weighted by atomic mass is 9.97. The molecule has 2 aliphatic rings. The topological polar surface area (TPSA) is 109 Å². The monoisotopic (exact) mass is 542 g/mol. The summed E-state index contributed by atoms with van der Waals surface area (Å²) in [6.45, 7) is 5.11. The Kier molecular flexibility index (Phi) is 9.33. The first kappa shape index (κ1) is 27.6. The third-order valence-electron chi connectivity index (χ3n) is 7.01. The van der Waals surface area contributed by atoms with Gasteiger partial charge >= 0.3 is 6.09 Å². The molecule has 0 saturated carbocycles. The van der Waals surface area contributed by atoms with Crippen molar-refractivity contribution in [2.45, 2.75) is 38.5 Å². The third-order valence-corrected chi connectivity index (χ3v) is 8.02. The summed E-state index contributed by atoms with van der Waals surface area (Å²) in [5.41, 5.74) is 1.01. The number of aromatic nitrogens is 1. The minimum atomic E-state index is -0.343. The number of methoxy groups -OCH3 is 1. The lowest BCUT2D eigenvalue weighted by Crippen LogP contribution is -2.50. The van der Waals surface area contributed by atoms with Crippen molar-refractivity contribution < 1.29 is 28.7 Å². The second-order valence-corrected chi connectivity index (χ2v) is 10.2. The fraction of sp³-hybridized carbons (Fsp3) is 0.519. The molecule has 3 amide bonds. The predicted molar refractivity (Wildman–Crippen MR) is 142 cm³/mol. The van der Waals surface area contributed by atoms with Gasteiger partial charge in [0.25, 0.3) is 5.91 Å². The van der Waals surface area contributed by atoms with Crippen LogP contribution >= 0.6 is 11.3 Å². The number of benzene rings is 1. The maximum Gasteiger partial charge on any atom is 0.409 e. The minimum Gasteiger partial charge on any atom is -0.497 e. The van der Waals surface area contributed by atoms with Crippen LogP contribution in [0.3, 0.4) is 0 Å². The number of ketones is 1. The Bertz CT molecular complexity index is 1130. The van der Waals surface area contributed by atoms with E-state index in [1.54, 1.807) is 53.5 Å². The number of thiazole rings is 1. The number of piperazine rings is 1. The van der Waals surface area contributed by atoms with Crippen molar-refractivity contribution in [2.24, 2.45) is 0 Å². The zero-order valence-electron chi connectivity index (χ0n) is 21.9. The van der Waals surface area contributed by atoms with Crippen molar-refractivity contribution in [3.63, 3.8) is 0 Å². The van der Waals surface area contributed by atoms with Gasteiger partial charge in [-0.1, -0.05) is 0 Å². The smallest absolute Gasteiger partial charge is 0.409 e. The summed E-state index contributed by atoms with van der Waals surface area (Å²) in [4.78, 5) is 59.8. The summed E-state index contributed by atoms with van der Waals surface area (Å²) in [5.74, 6) is 0.698. The molecule has 2 saturated heterocycles. The van der Waals surface area contributed by atoms with Crippen molar-refractivity contribution in [3.8, 4) is 5.75 Å². The molecule has 0 spiro atoms. The van der Waals surface area contributed by atoms with Gasteiger partial charge in [0.15, 0.2) is 5.78 Å². The molecule has 1 aromatic carbocycles. The Balaban J connectivity index is 1.21. The zero-order chi connectivity index (χ0) is 27.1. The Hall–Kier alpha value is -3.47. The van der Waals surface area contributed by atoms with Gasteiger partial charge in [-0.25, -0.2) is 9.78 Å². The average Bonchev–Trinajstić information content (AvgIpc) is 3.46. The number of ether oxygens (including phenoxy) is 2. The number of hydrogen-bond donors (Lipinski definition) is 0. The molecule has 0 bridgehead atoms. The molecule has 2 aromatic rings. The fourth-order valence-electron chi connectivity index (χ4n) is 4.72. The summed E-state index contributed by atoms with van der Waals surface area (Å²) in [5, 5.41) is 2.72. The molecule has 10 nitrogen and oxygen atoms in total. The first-order valence-corrected chi connectivity index (χ1v) is 13.9. The molecule has 204 valence electrons. The Morgan fingerprint density at radius 1 is 0.921 bits per heavy atom. The Labute approximate surface area is 226 Å². The third kappa shape index (κ3) is 6.69. The van der Waals surface area contributed by atoms with Crippen LogP contribution in [0.25, 0.3) is 0 Å². The van der Waals surface area contributed by atoms with Gasteiger partial charge in [-0.05, 0) is 44.0 Å². The van der Waals surface area contributed by atoms with E-state index < -0.39 is 0 Å². The van der Waals surface area contributed by atoms with E-state index in [4.69, 9.17) is 9.47 Å². The van der Waals surface area contributed by atoms with Crippen molar-refractivity contribution in [3.05, 3.63) is 45.9 Å². The molecule has 3 heterocycles. The second kappa shape index (κ2) is 12.9. The van der Waals surface area contributed by atoms with E-state index in [1.807, 2.05) is 4.90 Å². The highest BCUT2D eigenvalue weighted by molar-refractivity contribution is 7.09. The van der Waals surface area contributed by atoms with E-state index in [1.165, 1.54) is 11.3 Å². The van der Waals surface area contributed by atoms with Crippen LogP contribution in [0, 0.1) is 0 Å². The van der Waals surface area contributed by atoms with E-state index in [0.717, 1.165) is 17.8 Å². The summed E-state index contributed by atoms with van der Waals surface area (Å²) >= 11 is 1.48.